The van der Waals surface area contributed by atoms with Crippen molar-refractivity contribution < 1.29 is 14.0 Å². The van der Waals surface area contributed by atoms with Crippen LogP contribution in [0.1, 0.15) is 53.7 Å². The number of thiazole rings is 1. The van der Waals surface area contributed by atoms with Crippen LogP contribution in [0.2, 0.25) is 0 Å². The normalized spacial score (nSPS) is 17.7. The van der Waals surface area contributed by atoms with Gasteiger partial charge in [-0.1, -0.05) is 13.8 Å². The van der Waals surface area contributed by atoms with Crippen molar-refractivity contribution in [1.29, 1.82) is 0 Å². The molecule has 3 rings (SSSR count). The number of furan rings is 1. The largest absolute Gasteiger partial charge is 0.472 e. The van der Waals surface area contributed by atoms with Gasteiger partial charge in [-0.3, -0.25) is 9.59 Å². The summed E-state index contributed by atoms with van der Waals surface area (Å²) in [6, 6.07) is 1.70. The maximum absolute atomic E-state index is 12.5. The van der Waals surface area contributed by atoms with Gasteiger partial charge in [0.2, 0.25) is 5.91 Å². The van der Waals surface area contributed by atoms with E-state index in [0.29, 0.717) is 18.7 Å². The second-order valence-corrected chi connectivity index (χ2v) is 7.54. The second-order valence-electron chi connectivity index (χ2n) is 6.65. The molecule has 0 saturated carbocycles. The van der Waals surface area contributed by atoms with Crippen LogP contribution in [0.25, 0.3) is 0 Å². The molecule has 7 heteroatoms. The molecule has 1 atom stereocenters. The number of rotatable bonds is 5. The zero-order valence-electron chi connectivity index (χ0n) is 14.5. The summed E-state index contributed by atoms with van der Waals surface area (Å²) in [6.45, 7) is 5.64. The van der Waals surface area contributed by atoms with Crippen molar-refractivity contribution in [3.63, 3.8) is 0 Å². The Kier molecular flexibility index (Phi) is 5.53. The average molecular weight is 361 g/mol. The Hall–Kier alpha value is -2.15. The lowest BCUT2D eigenvalue weighted by Gasteiger charge is -2.31. The van der Waals surface area contributed by atoms with E-state index < -0.39 is 0 Å². The highest BCUT2D eigenvalue weighted by atomic mass is 32.1. The van der Waals surface area contributed by atoms with Crippen LogP contribution in [-0.4, -0.2) is 34.8 Å². The van der Waals surface area contributed by atoms with Crippen LogP contribution in [0.4, 0.5) is 0 Å². The molecule has 1 saturated heterocycles. The number of likely N-dealkylation sites (tertiary alicyclic amines) is 1. The average Bonchev–Trinajstić information content (AvgIpc) is 3.30. The van der Waals surface area contributed by atoms with Gasteiger partial charge in [-0.25, -0.2) is 4.98 Å². The summed E-state index contributed by atoms with van der Waals surface area (Å²) in [5, 5.41) is 5.92. The lowest BCUT2D eigenvalue weighted by molar-refractivity contribution is -0.124. The fourth-order valence-electron chi connectivity index (χ4n) is 2.91. The molecule has 0 unspecified atom stereocenters. The molecule has 6 nitrogen and oxygen atoms in total. The highest BCUT2D eigenvalue weighted by Gasteiger charge is 2.27. The van der Waals surface area contributed by atoms with Crippen molar-refractivity contribution in [3.05, 3.63) is 40.2 Å². The molecular weight excluding hydrogens is 338 g/mol. The lowest BCUT2D eigenvalue weighted by atomic mass is 9.98. The third-order valence-electron chi connectivity index (χ3n) is 4.36. The fraction of sp³-hybridized carbons (Fsp3) is 0.500. The van der Waals surface area contributed by atoms with Gasteiger partial charge < -0.3 is 14.6 Å². The van der Waals surface area contributed by atoms with Crippen LogP contribution < -0.4 is 5.32 Å². The predicted molar refractivity (Wildman–Crippen MR) is 95.4 cm³/mol. The summed E-state index contributed by atoms with van der Waals surface area (Å²) in [7, 11) is 0. The van der Waals surface area contributed by atoms with E-state index in [1.165, 1.54) is 12.5 Å². The van der Waals surface area contributed by atoms with E-state index in [0.717, 1.165) is 30.1 Å². The van der Waals surface area contributed by atoms with Gasteiger partial charge >= 0.3 is 0 Å². The SMILES string of the molecule is CC(C)C(=O)NCc1csc([C@H]2CCCN(C(=O)c3ccoc3)C2)n1. The number of nitrogens with zero attached hydrogens (tertiary/aromatic N) is 2. The summed E-state index contributed by atoms with van der Waals surface area (Å²) in [4.78, 5) is 30.7. The Morgan fingerprint density at radius 2 is 2.32 bits per heavy atom. The number of piperidine rings is 1. The molecule has 134 valence electrons. The van der Waals surface area contributed by atoms with Crippen LogP contribution in [0.15, 0.2) is 28.4 Å². The standard InChI is InChI=1S/C18H23N3O3S/c1-12(2)16(22)19-8-15-11-25-17(20-15)13-4-3-6-21(9-13)18(23)14-5-7-24-10-14/h5,7,10-13H,3-4,6,8-9H2,1-2H3,(H,19,22)/t13-/m0/s1. The topological polar surface area (TPSA) is 75.4 Å². The summed E-state index contributed by atoms with van der Waals surface area (Å²) < 4.78 is 5.01. The molecule has 2 amide bonds. The smallest absolute Gasteiger partial charge is 0.257 e. The minimum atomic E-state index is -0.0288. The number of carbonyl (C=O) groups excluding carboxylic acids is 2. The zero-order valence-corrected chi connectivity index (χ0v) is 15.3. The number of nitrogens with one attached hydrogen (secondary N) is 1. The molecule has 1 fully saturated rings. The zero-order chi connectivity index (χ0) is 17.8. The monoisotopic (exact) mass is 361 g/mol. The lowest BCUT2D eigenvalue weighted by Crippen LogP contribution is -2.39. The summed E-state index contributed by atoms with van der Waals surface area (Å²) in [5.41, 5.74) is 1.48. The van der Waals surface area contributed by atoms with Gasteiger partial charge in [-0.2, -0.15) is 0 Å². The first-order valence-corrected chi connectivity index (χ1v) is 9.46. The molecule has 1 aliphatic rings. The predicted octanol–water partition coefficient (Wildman–Crippen LogP) is 3.03. The third-order valence-corrected chi connectivity index (χ3v) is 5.42. The molecule has 2 aromatic rings. The van der Waals surface area contributed by atoms with Gasteiger partial charge in [0.25, 0.3) is 5.91 Å². The number of hydrogen-bond donors (Lipinski definition) is 1. The van der Waals surface area contributed by atoms with Gasteiger partial charge in [0, 0.05) is 30.3 Å². The Morgan fingerprint density at radius 1 is 1.48 bits per heavy atom. The van der Waals surface area contributed by atoms with E-state index in [4.69, 9.17) is 4.42 Å². The number of aromatic nitrogens is 1. The third kappa shape index (κ3) is 4.28. The first kappa shape index (κ1) is 17.7. The maximum atomic E-state index is 12.5. The summed E-state index contributed by atoms with van der Waals surface area (Å²) in [5.74, 6) is 0.270. The molecule has 2 aromatic heterocycles. The molecule has 0 bridgehead atoms. The molecule has 0 aliphatic carbocycles. The van der Waals surface area contributed by atoms with Crippen molar-refractivity contribution in [2.75, 3.05) is 13.1 Å². The molecule has 3 heterocycles. The quantitative estimate of drug-likeness (QED) is 0.888. The van der Waals surface area contributed by atoms with Crippen LogP contribution in [0, 0.1) is 5.92 Å². The highest BCUT2D eigenvalue weighted by Crippen LogP contribution is 2.30. The van der Waals surface area contributed by atoms with E-state index in [1.807, 2.05) is 24.1 Å². The van der Waals surface area contributed by atoms with Crippen molar-refractivity contribution in [1.82, 2.24) is 15.2 Å². The molecule has 1 N–H and O–H groups in total. The maximum Gasteiger partial charge on any atom is 0.257 e. The van der Waals surface area contributed by atoms with Crippen LogP contribution in [0.3, 0.4) is 0 Å². The molecule has 25 heavy (non-hydrogen) atoms. The van der Waals surface area contributed by atoms with Crippen molar-refractivity contribution in [2.24, 2.45) is 5.92 Å². The molecular formula is C18H23N3O3S. The van der Waals surface area contributed by atoms with E-state index in [9.17, 15) is 9.59 Å². The number of carbonyl (C=O) groups is 2. The number of amides is 2. The molecule has 0 radical (unpaired) electrons. The number of hydrogen-bond acceptors (Lipinski definition) is 5. The summed E-state index contributed by atoms with van der Waals surface area (Å²) >= 11 is 1.61. The van der Waals surface area contributed by atoms with E-state index in [-0.39, 0.29) is 23.7 Å². The minimum absolute atomic E-state index is 0.0134. The van der Waals surface area contributed by atoms with Gasteiger partial charge in [-0.15, -0.1) is 11.3 Å². The Labute approximate surface area is 151 Å². The van der Waals surface area contributed by atoms with Gasteiger partial charge in [0.1, 0.15) is 6.26 Å². The second kappa shape index (κ2) is 7.82. The Balaban J connectivity index is 1.60. The molecule has 0 spiro atoms. The Morgan fingerprint density at radius 3 is 3.04 bits per heavy atom. The fourth-order valence-corrected chi connectivity index (χ4v) is 3.85. The highest BCUT2D eigenvalue weighted by molar-refractivity contribution is 7.09. The van der Waals surface area contributed by atoms with E-state index in [2.05, 4.69) is 10.3 Å². The molecule has 1 aliphatic heterocycles. The first-order valence-electron chi connectivity index (χ1n) is 8.58. The Bertz CT molecular complexity index is 724. The van der Waals surface area contributed by atoms with Crippen molar-refractivity contribution in [3.8, 4) is 0 Å². The van der Waals surface area contributed by atoms with Gasteiger partial charge in [0.05, 0.1) is 29.1 Å². The van der Waals surface area contributed by atoms with E-state index in [1.54, 1.807) is 17.4 Å². The van der Waals surface area contributed by atoms with E-state index >= 15 is 0 Å². The van der Waals surface area contributed by atoms with Crippen molar-refractivity contribution in [2.45, 2.75) is 39.2 Å². The van der Waals surface area contributed by atoms with Crippen LogP contribution in [-0.2, 0) is 11.3 Å². The van der Waals surface area contributed by atoms with Gasteiger partial charge in [-0.05, 0) is 18.9 Å². The molecule has 0 aromatic carbocycles. The van der Waals surface area contributed by atoms with Gasteiger partial charge in [0.15, 0.2) is 0 Å². The summed E-state index contributed by atoms with van der Waals surface area (Å²) in [6.07, 6.45) is 5.01. The van der Waals surface area contributed by atoms with Crippen molar-refractivity contribution >= 4 is 23.2 Å². The minimum Gasteiger partial charge on any atom is -0.472 e. The van der Waals surface area contributed by atoms with Crippen LogP contribution in [0.5, 0.6) is 0 Å². The first-order chi connectivity index (χ1) is 12.0. The van der Waals surface area contributed by atoms with Crippen LogP contribution >= 0.6 is 11.3 Å².